The van der Waals surface area contributed by atoms with Crippen LogP contribution in [0.3, 0.4) is 0 Å². The van der Waals surface area contributed by atoms with Gasteiger partial charge in [0.15, 0.2) is 0 Å². The first kappa shape index (κ1) is 23.1. The van der Waals surface area contributed by atoms with Gasteiger partial charge in [-0.05, 0) is 61.6 Å². The van der Waals surface area contributed by atoms with Crippen molar-refractivity contribution in [1.29, 1.82) is 0 Å². The van der Waals surface area contributed by atoms with Gasteiger partial charge in [0.1, 0.15) is 6.04 Å². The number of unbranched alkanes of at least 4 members (excludes halogenated alkanes) is 1. The third-order valence-electron chi connectivity index (χ3n) is 5.17. The third-order valence-corrected chi connectivity index (χ3v) is 5.66. The maximum atomic E-state index is 13.2. The number of nitrogens with zero attached hydrogens (tertiary/aromatic N) is 1. The van der Waals surface area contributed by atoms with Crippen LogP contribution in [-0.4, -0.2) is 29.3 Å². The van der Waals surface area contributed by atoms with Crippen LogP contribution < -0.4 is 5.32 Å². The Labute approximate surface area is 182 Å². The van der Waals surface area contributed by atoms with Crippen molar-refractivity contribution in [1.82, 2.24) is 10.2 Å². The van der Waals surface area contributed by atoms with Crippen molar-refractivity contribution in [2.75, 3.05) is 6.54 Å². The highest BCUT2D eigenvalue weighted by atomic mass is 79.9. The van der Waals surface area contributed by atoms with Crippen LogP contribution in [0.4, 0.5) is 0 Å². The monoisotopic (exact) mass is 458 g/mol. The van der Waals surface area contributed by atoms with Gasteiger partial charge in [0.05, 0.1) is 6.42 Å². The van der Waals surface area contributed by atoms with Crippen LogP contribution >= 0.6 is 15.9 Å². The molecular weight excluding hydrogens is 428 g/mol. The summed E-state index contributed by atoms with van der Waals surface area (Å²) in [6.45, 7) is 9.02. The van der Waals surface area contributed by atoms with E-state index in [1.165, 1.54) is 11.1 Å². The summed E-state index contributed by atoms with van der Waals surface area (Å²) >= 11 is 3.48. The fourth-order valence-corrected chi connectivity index (χ4v) is 3.59. The van der Waals surface area contributed by atoms with Crippen LogP contribution in [0.15, 0.2) is 46.9 Å². The predicted octanol–water partition coefficient (Wildman–Crippen LogP) is 4.94. The summed E-state index contributed by atoms with van der Waals surface area (Å²) in [6, 6.07) is 13.4. The van der Waals surface area contributed by atoms with Crippen molar-refractivity contribution in [3.63, 3.8) is 0 Å². The lowest BCUT2D eigenvalue weighted by molar-refractivity contribution is -0.140. The van der Waals surface area contributed by atoms with Gasteiger partial charge in [-0.3, -0.25) is 9.59 Å². The van der Waals surface area contributed by atoms with Crippen LogP contribution in [0.5, 0.6) is 0 Å². The van der Waals surface area contributed by atoms with E-state index in [0.717, 1.165) is 28.4 Å². The molecule has 2 aromatic carbocycles. The van der Waals surface area contributed by atoms with Crippen molar-refractivity contribution in [2.45, 2.75) is 59.5 Å². The average molecular weight is 459 g/mol. The van der Waals surface area contributed by atoms with Crippen LogP contribution in [0.2, 0.25) is 0 Å². The molecule has 5 heteroatoms. The van der Waals surface area contributed by atoms with Gasteiger partial charge in [-0.1, -0.05) is 59.6 Å². The number of nitrogens with one attached hydrogen (secondary N) is 1. The minimum absolute atomic E-state index is 0.0497. The highest BCUT2D eigenvalue weighted by Gasteiger charge is 2.26. The Morgan fingerprint density at radius 2 is 1.83 bits per heavy atom. The van der Waals surface area contributed by atoms with E-state index < -0.39 is 6.04 Å². The molecule has 1 atom stereocenters. The van der Waals surface area contributed by atoms with E-state index in [9.17, 15) is 9.59 Å². The molecule has 0 aliphatic heterocycles. The van der Waals surface area contributed by atoms with Crippen LogP contribution in [0.1, 0.15) is 48.9 Å². The van der Waals surface area contributed by atoms with Crippen LogP contribution in [0, 0.1) is 13.8 Å². The molecule has 0 aromatic heterocycles. The minimum Gasteiger partial charge on any atom is -0.354 e. The van der Waals surface area contributed by atoms with Crippen molar-refractivity contribution in [3.8, 4) is 0 Å². The zero-order chi connectivity index (χ0) is 21.4. The molecule has 1 N–H and O–H groups in total. The quantitative estimate of drug-likeness (QED) is 0.540. The Morgan fingerprint density at radius 1 is 1.07 bits per heavy atom. The average Bonchev–Trinajstić information content (AvgIpc) is 2.68. The summed E-state index contributed by atoms with van der Waals surface area (Å²) in [5, 5.41) is 2.95. The van der Waals surface area contributed by atoms with E-state index in [2.05, 4.69) is 41.2 Å². The first-order valence-electron chi connectivity index (χ1n) is 10.2. The second kappa shape index (κ2) is 11.1. The zero-order valence-corrected chi connectivity index (χ0v) is 19.4. The number of hydrogen-bond acceptors (Lipinski definition) is 2. The van der Waals surface area contributed by atoms with Gasteiger partial charge in [0.2, 0.25) is 11.8 Å². The highest BCUT2D eigenvalue weighted by Crippen LogP contribution is 2.17. The molecule has 2 amide bonds. The molecule has 2 aromatic rings. The van der Waals surface area contributed by atoms with Crippen molar-refractivity contribution in [3.05, 3.63) is 69.2 Å². The van der Waals surface area contributed by atoms with E-state index in [-0.39, 0.29) is 18.2 Å². The Bertz CT molecular complexity index is 851. The number of halogens is 1. The van der Waals surface area contributed by atoms with Gasteiger partial charge in [0, 0.05) is 17.6 Å². The number of carbonyl (C=O) groups is 2. The van der Waals surface area contributed by atoms with Gasteiger partial charge < -0.3 is 10.2 Å². The molecule has 1 unspecified atom stereocenters. The van der Waals surface area contributed by atoms with Gasteiger partial charge in [-0.15, -0.1) is 0 Å². The summed E-state index contributed by atoms with van der Waals surface area (Å²) in [7, 11) is 0. The predicted molar refractivity (Wildman–Crippen MR) is 122 cm³/mol. The lowest BCUT2D eigenvalue weighted by Gasteiger charge is -2.29. The van der Waals surface area contributed by atoms with Crippen molar-refractivity contribution < 1.29 is 9.59 Å². The first-order chi connectivity index (χ1) is 13.8. The lowest BCUT2D eigenvalue weighted by Crippen LogP contribution is -2.48. The second-order valence-electron chi connectivity index (χ2n) is 7.57. The Morgan fingerprint density at radius 3 is 2.48 bits per heavy atom. The highest BCUT2D eigenvalue weighted by molar-refractivity contribution is 9.10. The number of benzene rings is 2. The molecule has 0 saturated heterocycles. The number of rotatable bonds is 9. The van der Waals surface area contributed by atoms with Gasteiger partial charge in [0.25, 0.3) is 0 Å². The van der Waals surface area contributed by atoms with Crippen molar-refractivity contribution in [2.24, 2.45) is 0 Å². The fraction of sp³-hybridized carbons (Fsp3) is 0.417. The smallest absolute Gasteiger partial charge is 0.242 e. The Kier molecular flexibility index (Phi) is 8.90. The maximum absolute atomic E-state index is 13.2. The molecule has 2 rings (SSSR count). The minimum atomic E-state index is -0.537. The van der Waals surface area contributed by atoms with Gasteiger partial charge >= 0.3 is 0 Å². The molecule has 0 spiro atoms. The molecular formula is C24H31BrN2O2. The topological polar surface area (TPSA) is 49.4 Å². The summed E-state index contributed by atoms with van der Waals surface area (Å²) in [6.07, 6.45) is 2.23. The van der Waals surface area contributed by atoms with E-state index in [1.807, 2.05) is 43.3 Å². The van der Waals surface area contributed by atoms with Crippen LogP contribution in [0.25, 0.3) is 0 Å². The van der Waals surface area contributed by atoms with Crippen LogP contribution in [-0.2, 0) is 22.6 Å². The Balaban J connectivity index is 2.20. The van der Waals surface area contributed by atoms with E-state index in [1.54, 1.807) is 11.8 Å². The molecule has 0 aliphatic rings. The SMILES string of the molecule is CCCCNC(=O)C(C)N(Cc1cccc(Br)c1)C(=O)Cc1ccc(C)c(C)c1. The largest absolute Gasteiger partial charge is 0.354 e. The van der Waals surface area contributed by atoms with Gasteiger partial charge in [-0.25, -0.2) is 0 Å². The first-order valence-corrected chi connectivity index (χ1v) is 11.0. The van der Waals surface area contributed by atoms with E-state index in [4.69, 9.17) is 0 Å². The molecule has 0 saturated carbocycles. The molecule has 156 valence electrons. The normalized spacial score (nSPS) is 11.8. The molecule has 0 radical (unpaired) electrons. The molecule has 0 aliphatic carbocycles. The Hall–Kier alpha value is -2.14. The number of hydrogen-bond donors (Lipinski definition) is 1. The van der Waals surface area contributed by atoms with Crippen molar-refractivity contribution >= 4 is 27.7 Å². The lowest BCUT2D eigenvalue weighted by atomic mass is 10.0. The number of aryl methyl sites for hydroxylation is 2. The molecule has 0 fully saturated rings. The number of amides is 2. The maximum Gasteiger partial charge on any atom is 0.242 e. The third kappa shape index (κ3) is 7.00. The standard InChI is InChI=1S/C24H31BrN2O2/c1-5-6-12-26-24(29)19(4)27(16-21-8-7-9-22(25)14-21)23(28)15-20-11-10-17(2)18(3)13-20/h7-11,13-14,19H,5-6,12,15-16H2,1-4H3,(H,26,29). The molecule has 29 heavy (non-hydrogen) atoms. The summed E-state index contributed by atoms with van der Waals surface area (Å²) in [4.78, 5) is 27.5. The molecule has 4 nitrogen and oxygen atoms in total. The second-order valence-corrected chi connectivity index (χ2v) is 8.48. The summed E-state index contributed by atoms with van der Waals surface area (Å²) < 4.78 is 0.955. The molecule has 0 heterocycles. The van der Waals surface area contributed by atoms with E-state index in [0.29, 0.717) is 13.1 Å². The fourth-order valence-electron chi connectivity index (χ4n) is 3.14. The zero-order valence-electron chi connectivity index (χ0n) is 17.8. The number of carbonyl (C=O) groups excluding carboxylic acids is 2. The summed E-state index contributed by atoms with van der Waals surface area (Å²) in [5.41, 5.74) is 4.33. The van der Waals surface area contributed by atoms with Gasteiger partial charge in [-0.2, -0.15) is 0 Å². The summed E-state index contributed by atoms with van der Waals surface area (Å²) in [5.74, 6) is -0.159. The molecule has 0 bridgehead atoms. The van der Waals surface area contributed by atoms with E-state index >= 15 is 0 Å².